The monoisotopic (exact) mass is 376 g/mol. The number of rotatable bonds is 2. The number of thiol groups is 1. The third-order valence-corrected chi connectivity index (χ3v) is 3.98. The highest BCUT2D eigenvalue weighted by molar-refractivity contribution is 7.80. The summed E-state index contributed by atoms with van der Waals surface area (Å²) in [6, 6.07) is 7.22. The Morgan fingerprint density at radius 1 is 1.21 bits per heavy atom. The van der Waals surface area contributed by atoms with E-state index in [1.807, 2.05) is 12.3 Å². The lowest BCUT2D eigenvalue weighted by molar-refractivity contribution is -0.149. The molecule has 2 aromatic rings. The lowest BCUT2D eigenvalue weighted by Gasteiger charge is -2.15. The number of nitrogens with two attached hydrogens (primary N) is 1. The smallest absolute Gasteiger partial charge is 0.316 e. The van der Waals surface area contributed by atoms with Gasteiger partial charge in [0, 0.05) is 28.2 Å². The Kier molecular flexibility index (Phi) is 6.01. The first-order chi connectivity index (χ1) is 11.2. The van der Waals surface area contributed by atoms with Gasteiger partial charge >= 0.3 is 6.18 Å². The van der Waals surface area contributed by atoms with Crippen LogP contribution in [0.2, 0.25) is 5.02 Å². The quantitative estimate of drug-likeness (QED) is 0.764. The van der Waals surface area contributed by atoms with E-state index in [4.69, 9.17) is 17.3 Å². The second-order valence-corrected chi connectivity index (χ2v) is 6.39. The average Bonchev–Trinajstić information content (AvgIpc) is 3.32. The molecule has 1 atom stereocenters. The van der Waals surface area contributed by atoms with Gasteiger partial charge in [0.2, 0.25) is 0 Å². The van der Waals surface area contributed by atoms with Crippen LogP contribution in [0.4, 0.5) is 13.2 Å². The predicted octanol–water partition coefficient (Wildman–Crippen LogP) is 4.37. The van der Waals surface area contributed by atoms with Crippen LogP contribution in [0, 0.1) is 0 Å². The molecule has 0 aliphatic heterocycles. The summed E-state index contributed by atoms with van der Waals surface area (Å²) < 4.78 is 38.0. The second-order valence-electron chi connectivity index (χ2n) is 5.43. The van der Waals surface area contributed by atoms with Gasteiger partial charge in [0.05, 0.1) is 0 Å². The first-order valence-electron chi connectivity index (χ1n) is 7.17. The van der Waals surface area contributed by atoms with Crippen LogP contribution in [-0.4, -0.2) is 10.7 Å². The summed E-state index contributed by atoms with van der Waals surface area (Å²) in [5.74, 6) is 0. The Bertz CT molecular complexity index is 742. The highest BCUT2D eigenvalue weighted by Crippen LogP contribution is 2.33. The van der Waals surface area contributed by atoms with E-state index in [2.05, 4.69) is 12.6 Å². The molecule has 1 fully saturated rings. The third-order valence-electron chi connectivity index (χ3n) is 3.45. The van der Waals surface area contributed by atoms with Gasteiger partial charge in [0.15, 0.2) is 0 Å². The Morgan fingerprint density at radius 3 is 2.25 bits per heavy atom. The summed E-state index contributed by atoms with van der Waals surface area (Å²) in [5, 5.41) is 0.387. The van der Waals surface area contributed by atoms with Crippen molar-refractivity contribution < 1.29 is 13.2 Å². The zero-order chi connectivity index (χ0) is 17.9. The molecule has 24 heavy (non-hydrogen) atoms. The molecule has 1 heterocycles. The van der Waals surface area contributed by atoms with Crippen molar-refractivity contribution in [2.24, 2.45) is 5.73 Å². The molecular formula is C16H16ClF3N2OS. The van der Waals surface area contributed by atoms with E-state index in [0.29, 0.717) is 11.1 Å². The lowest BCUT2D eigenvalue weighted by atomic mass is 10.1. The Labute approximate surface area is 147 Å². The maximum Gasteiger partial charge on any atom is 0.407 e. The largest absolute Gasteiger partial charge is 0.407 e. The molecule has 0 unspecified atom stereocenters. The van der Waals surface area contributed by atoms with E-state index in [-0.39, 0.29) is 11.1 Å². The van der Waals surface area contributed by atoms with Crippen molar-refractivity contribution in [1.82, 2.24) is 4.57 Å². The van der Waals surface area contributed by atoms with Gasteiger partial charge < -0.3 is 10.3 Å². The number of aromatic nitrogens is 1. The maximum absolute atomic E-state index is 12.1. The molecule has 0 saturated heterocycles. The minimum absolute atomic E-state index is 0.0110. The van der Waals surface area contributed by atoms with Crippen LogP contribution in [0.25, 0.3) is 0 Å². The van der Waals surface area contributed by atoms with E-state index in [0.717, 1.165) is 17.7 Å². The van der Waals surface area contributed by atoms with Crippen molar-refractivity contribution in [1.29, 1.82) is 0 Å². The molecule has 130 valence electrons. The summed E-state index contributed by atoms with van der Waals surface area (Å²) in [4.78, 5) is 12.0. The van der Waals surface area contributed by atoms with Crippen molar-refractivity contribution in [2.45, 2.75) is 36.0 Å². The molecule has 1 aliphatic carbocycles. The van der Waals surface area contributed by atoms with Crippen LogP contribution in [0.5, 0.6) is 0 Å². The molecule has 3 rings (SSSR count). The van der Waals surface area contributed by atoms with E-state index in [1.54, 1.807) is 10.6 Å². The maximum atomic E-state index is 12.1. The molecule has 8 heteroatoms. The van der Waals surface area contributed by atoms with Gasteiger partial charge in [-0.2, -0.15) is 13.2 Å². The molecular weight excluding hydrogens is 361 g/mol. The van der Waals surface area contributed by atoms with E-state index < -0.39 is 12.2 Å². The molecule has 1 aromatic carbocycles. The molecule has 0 bridgehead atoms. The minimum Gasteiger partial charge on any atom is -0.316 e. The van der Waals surface area contributed by atoms with Crippen molar-refractivity contribution in [2.75, 3.05) is 0 Å². The van der Waals surface area contributed by atoms with E-state index in [1.165, 1.54) is 24.3 Å². The first-order valence-corrected chi connectivity index (χ1v) is 8.00. The topological polar surface area (TPSA) is 48.0 Å². The Morgan fingerprint density at radius 2 is 1.79 bits per heavy atom. The van der Waals surface area contributed by atoms with Crippen LogP contribution in [0.1, 0.15) is 30.5 Å². The summed E-state index contributed by atoms with van der Waals surface area (Å²) >= 11 is 9.59. The molecule has 1 aromatic heterocycles. The fourth-order valence-corrected chi connectivity index (χ4v) is 2.30. The van der Waals surface area contributed by atoms with Crippen LogP contribution in [0.15, 0.2) is 52.3 Å². The van der Waals surface area contributed by atoms with Crippen LogP contribution in [-0.2, 0) is 0 Å². The van der Waals surface area contributed by atoms with Crippen LogP contribution < -0.4 is 11.3 Å². The molecule has 3 nitrogen and oxygen atoms in total. The fourth-order valence-electron chi connectivity index (χ4n) is 1.99. The zero-order valence-corrected chi connectivity index (χ0v) is 14.2. The third kappa shape index (κ3) is 5.29. The van der Waals surface area contributed by atoms with Crippen molar-refractivity contribution in [3.63, 3.8) is 0 Å². The van der Waals surface area contributed by atoms with Crippen molar-refractivity contribution in [3.05, 3.63) is 63.5 Å². The fraction of sp³-hybridized carbons (Fsp3) is 0.312. The number of nitrogens with zero attached hydrogens (tertiary/aromatic N) is 1. The first kappa shape index (κ1) is 18.9. The Hall–Kier alpha value is -1.44. The van der Waals surface area contributed by atoms with E-state index >= 15 is 0 Å². The average molecular weight is 377 g/mol. The van der Waals surface area contributed by atoms with Gasteiger partial charge in [0.1, 0.15) is 6.04 Å². The highest BCUT2D eigenvalue weighted by atomic mass is 35.5. The Balaban J connectivity index is 0.000000175. The van der Waals surface area contributed by atoms with Gasteiger partial charge in [-0.05, 0) is 36.6 Å². The summed E-state index contributed by atoms with van der Waals surface area (Å²) in [5.41, 5.74) is 5.03. The number of pyridine rings is 1. The number of halogens is 4. The number of benzene rings is 1. The SMILES string of the molecule is N[C@H](c1ccc(Cl)cc1)C(F)(F)F.O=c1cc(S)ccn1C1CC1. The molecule has 0 spiro atoms. The molecule has 1 saturated carbocycles. The van der Waals surface area contributed by atoms with Crippen LogP contribution >= 0.6 is 24.2 Å². The predicted molar refractivity (Wildman–Crippen MR) is 90.7 cm³/mol. The lowest BCUT2D eigenvalue weighted by Crippen LogP contribution is -2.28. The number of hydrogen-bond donors (Lipinski definition) is 2. The van der Waals surface area contributed by atoms with Crippen molar-refractivity contribution >= 4 is 24.2 Å². The minimum atomic E-state index is -4.41. The van der Waals surface area contributed by atoms with Crippen molar-refractivity contribution in [3.8, 4) is 0 Å². The summed E-state index contributed by atoms with van der Waals surface area (Å²) in [7, 11) is 0. The molecule has 0 radical (unpaired) electrons. The highest BCUT2D eigenvalue weighted by Gasteiger charge is 2.37. The standard InChI is InChI=1S/C8H7ClF3N.C8H9NOS/c9-6-3-1-5(2-4-6)7(13)8(10,11)12;10-8-5-7(11)3-4-9(8)6-1-2-6/h1-4,7H,13H2;3-6,11H,1-2H2/t7-;/m1./s1. The second kappa shape index (κ2) is 7.63. The van der Waals surface area contributed by atoms with Gasteiger partial charge in [-0.25, -0.2) is 0 Å². The van der Waals surface area contributed by atoms with Gasteiger partial charge in [0.25, 0.3) is 5.56 Å². The van der Waals surface area contributed by atoms with Crippen LogP contribution in [0.3, 0.4) is 0 Å². The molecule has 2 N–H and O–H groups in total. The summed E-state index contributed by atoms with van der Waals surface area (Å²) in [6.45, 7) is 0. The number of hydrogen-bond acceptors (Lipinski definition) is 3. The summed E-state index contributed by atoms with van der Waals surface area (Å²) in [6.07, 6.45) is -0.298. The van der Waals surface area contributed by atoms with Gasteiger partial charge in [-0.1, -0.05) is 23.7 Å². The zero-order valence-electron chi connectivity index (χ0n) is 12.5. The van der Waals surface area contributed by atoms with Gasteiger partial charge in [-0.3, -0.25) is 4.79 Å². The van der Waals surface area contributed by atoms with Gasteiger partial charge in [-0.15, -0.1) is 12.6 Å². The normalized spacial score (nSPS) is 15.4. The van der Waals surface area contributed by atoms with E-state index in [9.17, 15) is 18.0 Å². The molecule has 0 amide bonds. The number of alkyl halides is 3. The molecule has 1 aliphatic rings.